The van der Waals surface area contributed by atoms with Crippen molar-refractivity contribution in [3.05, 3.63) is 80.8 Å². The largest absolute Gasteiger partial charge is 0.332 e. The summed E-state index contributed by atoms with van der Waals surface area (Å²) in [6.07, 6.45) is 3.89. The van der Waals surface area contributed by atoms with E-state index in [-0.39, 0.29) is 11.2 Å². The quantitative estimate of drug-likeness (QED) is 0.338. The second kappa shape index (κ2) is 9.73. The minimum Gasteiger partial charge on any atom is -0.318 e. The first-order valence-corrected chi connectivity index (χ1v) is 12.1. The number of aromatic amines is 1. The lowest BCUT2D eigenvalue weighted by Gasteiger charge is -2.12. The van der Waals surface area contributed by atoms with Crippen LogP contribution in [0.1, 0.15) is 37.6 Å². The van der Waals surface area contributed by atoms with Crippen LogP contribution in [0.2, 0.25) is 0 Å². The molecule has 0 radical (unpaired) electrons. The van der Waals surface area contributed by atoms with Gasteiger partial charge in [-0.05, 0) is 33.5 Å². The number of aryl methyl sites for hydroxylation is 2. The number of fused-ring (bicyclic) bond motifs is 1. The predicted molar refractivity (Wildman–Crippen MR) is 138 cm³/mol. The van der Waals surface area contributed by atoms with Crippen LogP contribution < -0.4 is 11.2 Å². The Labute approximate surface area is 207 Å². The van der Waals surface area contributed by atoms with Gasteiger partial charge in [0, 0.05) is 32.6 Å². The smallest absolute Gasteiger partial charge is 0.318 e. The van der Waals surface area contributed by atoms with Gasteiger partial charge >= 0.3 is 5.69 Å². The summed E-state index contributed by atoms with van der Waals surface area (Å²) in [6.45, 7) is 2.64. The van der Waals surface area contributed by atoms with Crippen molar-refractivity contribution in [2.45, 2.75) is 39.2 Å². The number of benzene rings is 2. The number of unbranched alkanes of at least 4 members (excludes halogenated alkanes) is 2. The Bertz CT molecular complexity index is 1630. The van der Waals surface area contributed by atoms with Gasteiger partial charge in [-0.15, -0.1) is 5.10 Å². The van der Waals surface area contributed by atoms with Crippen LogP contribution in [0.25, 0.3) is 33.7 Å². The lowest BCUT2D eigenvalue weighted by atomic mass is 9.98. The molecule has 0 amide bonds. The number of tetrazole rings is 1. The van der Waals surface area contributed by atoms with Gasteiger partial charge in [0.25, 0.3) is 5.56 Å². The molecule has 0 saturated heterocycles. The molecular formula is C26H28N8O2. The lowest BCUT2D eigenvalue weighted by molar-refractivity contribution is 0.657. The van der Waals surface area contributed by atoms with E-state index in [4.69, 9.17) is 4.98 Å². The Kier molecular flexibility index (Phi) is 6.32. The van der Waals surface area contributed by atoms with Crippen molar-refractivity contribution in [2.75, 3.05) is 0 Å². The molecule has 0 atom stereocenters. The summed E-state index contributed by atoms with van der Waals surface area (Å²) in [4.78, 5) is 30.3. The van der Waals surface area contributed by atoms with Crippen molar-refractivity contribution in [3.63, 3.8) is 0 Å². The number of H-pyrrole nitrogens is 1. The van der Waals surface area contributed by atoms with Crippen molar-refractivity contribution >= 4 is 11.2 Å². The number of nitrogens with one attached hydrogen (secondary N) is 1. The molecule has 0 bridgehead atoms. The summed E-state index contributed by atoms with van der Waals surface area (Å²) in [5, 5.41) is 14.3. The highest BCUT2D eigenvalue weighted by molar-refractivity contribution is 5.80. The molecule has 0 unspecified atom stereocenters. The molecule has 184 valence electrons. The fourth-order valence-corrected chi connectivity index (χ4v) is 4.57. The Morgan fingerprint density at radius 2 is 1.67 bits per heavy atom. The summed E-state index contributed by atoms with van der Waals surface area (Å²) in [7, 11) is 3.17. The van der Waals surface area contributed by atoms with E-state index in [2.05, 4.69) is 51.8 Å². The summed E-state index contributed by atoms with van der Waals surface area (Å²) in [6, 6.07) is 16.2. The molecule has 3 aromatic heterocycles. The highest BCUT2D eigenvalue weighted by atomic mass is 16.2. The standard InChI is InChI=1S/C26H28N8O2/c1-4-5-6-11-21-27-24-22(25(35)33(3)26(36)32(24)2)34(21)16-17-12-14-18(15-13-17)19-9-7-8-10-20(19)23-28-30-31-29-23/h7-10,12-15H,4-6,11,16H2,1-3H3,(H,28,29,30,31). The third-order valence-electron chi connectivity index (χ3n) is 6.56. The van der Waals surface area contributed by atoms with Crippen LogP contribution in [0.5, 0.6) is 0 Å². The minimum absolute atomic E-state index is 0.325. The number of nitrogens with zero attached hydrogens (tertiary/aromatic N) is 7. The highest BCUT2D eigenvalue weighted by Gasteiger charge is 2.19. The molecule has 0 spiro atoms. The van der Waals surface area contributed by atoms with E-state index in [0.717, 1.165) is 58.3 Å². The Morgan fingerprint density at radius 3 is 2.36 bits per heavy atom. The fraction of sp³-hybridized carbons (Fsp3) is 0.308. The molecule has 2 aromatic carbocycles. The van der Waals surface area contributed by atoms with Crippen LogP contribution >= 0.6 is 0 Å². The van der Waals surface area contributed by atoms with Gasteiger partial charge < -0.3 is 4.57 Å². The first-order valence-electron chi connectivity index (χ1n) is 12.1. The molecule has 1 N–H and O–H groups in total. The van der Waals surface area contributed by atoms with E-state index in [9.17, 15) is 9.59 Å². The molecule has 0 aliphatic rings. The predicted octanol–water partition coefficient (Wildman–Crippen LogP) is 3.06. The van der Waals surface area contributed by atoms with Crippen molar-refractivity contribution in [3.8, 4) is 22.5 Å². The minimum atomic E-state index is -0.373. The van der Waals surface area contributed by atoms with Gasteiger partial charge in [0.05, 0.1) is 0 Å². The van der Waals surface area contributed by atoms with Crippen LogP contribution in [-0.4, -0.2) is 39.3 Å². The average Bonchev–Trinajstić information content (AvgIpc) is 3.56. The van der Waals surface area contributed by atoms with Gasteiger partial charge in [-0.1, -0.05) is 68.3 Å². The van der Waals surface area contributed by atoms with E-state index >= 15 is 0 Å². The topological polar surface area (TPSA) is 116 Å². The molecule has 5 rings (SSSR count). The van der Waals surface area contributed by atoms with Gasteiger partial charge in [0.1, 0.15) is 5.82 Å². The highest BCUT2D eigenvalue weighted by Crippen LogP contribution is 2.30. The monoisotopic (exact) mass is 484 g/mol. The third kappa shape index (κ3) is 4.15. The summed E-state index contributed by atoms with van der Waals surface area (Å²) in [5.41, 5.74) is 4.18. The van der Waals surface area contributed by atoms with Crippen molar-refractivity contribution in [2.24, 2.45) is 14.1 Å². The van der Waals surface area contributed by atoms with Crippen LogP contribution in [-0.2, 0) is 27.1 Å². The van der Waals surface area contributed by atoms with Crippen LogP contribution in [0, 0.1) is 0 Å². The summed E-state index contributed by atoms with van der Waals surface area (Å²) < 4.78 is 4.57. The first-order chi connectivity index (χ1) is 17.5. The Morgan fingerprint density at radius 1 is 0.917 bits per heavy atom. The zero-order valence-electron chi connectivity index (χ0n) is 20.6. The summed E-state index contributed by atoms with van der Waals surface area (Å²) in [5.74, 6) is 1.43. The molecule has 3 heterocycles. The molecule has 10 nitrogen and oxygen atoms in total. The van der Waals surface area contributed by atoms with E-state index < -0.39 is 0 Å². The van der Waals surface area contributed by atoms with E-state index in [1.54, 1.807) is 7.05 Å². The SMILES string of the molecule is CCCCCc1nc2c(c(=O)n(C)c(=O)n2C)n1Cc1ccc(-c2ccccc2-c2nnn[nH]2)cc1. The zero-order chi connectivity index (χ0) is 25.2. The van der Waals surface area contributed by atoms with Crippen LogP contribution in [0.4, 0.5) is 0 Å². The lowest BCUT2D eigenvalue weighted by Crippen LogP contribution is -2.37. The van der Waals surface area contributed by atoms with Crippen molar-refractivity contribution in [1.82, 2.24) is 39.3 Å². The zero-order valence-corrected chi connectivity index (χ0v) is 20.6. The second-order valence-electron chi connectivity index (χ2n) is 8.94. The van der Waals surface area contributed by atoms with E-state index in [0.29, 0.717) is 23.5 Å². The first kappa shape index (κ1) is 23.4. The van der Waals surface area contributed by atoms with E-state index in [1.165, 1.54) is 11.6 Å². The van der Waals surface area contributed by atoms with Crippen molar-refractivity contribution < 1.29 is 0 Å². The second-order valence-corrected chi connectivity index (χ2v) is 8.94. The maximum atomic E-state index is 13.1. The maximum Gasteiger partial charge on any atom is 0.332 e. The number of hydrogen-bond acceptors (Lipinski definition) is 6. The molecular weight excluding hydrogens is 456 g/mol. The number of aromatic nitrogens is 8. The molecule has 5 aromatic rings. The van der Waals surface area contributed by atoms with Gasteiger partial charge in [0.15, 0.2) is 17.0 Å². The van der Waals surface area contributed by atoms with Gasteiger partial charge in [-0.2, -0.15) is 0 Å². The number of imidazole rings is 1. The Balaban J connectivity index is 1.54. The molecule has 0 aliphatic carbocycles. The normalized spacial score (nSPS) is 11.4. The van der Waals surface area contributed by atoms with Gasteiger partial charge in [-0.25, -0.2) is 14.9 Å². The molecule has 0 aliphatic heterocycles. The Hall–Kier alpha value is -4.34. The van der Waals surface area contributed by atoms with E-state index in [1.807, 2.05) is 28.8 Å². The summed E-state index contributed by atoms with van der Waals surface area (Å²) >= 11 is 0. The third-order valence-corrected chi connectivity index (χ3v) is 6.56. The average molecular weight is 485 g/mol. The maximum absolute atomic E-state index is 13.1. The van der Waals surface area contributed by atoms with Crippen LogP contribution in [0.15, 0.2) is 58.1 Å². The number of rotatable bonds is 8. The van der Waals surface area contributed by atoms with Crippen molar-refractivity contribution in [1.29, 1.82) is 0 Å². The molecule has 0 fully saturated rings. The number of hydrogen-bond donors (Lipinski definition) is 1. The fourth-order valence-electron chi connectivity index (χ4n) is 4.57. The molecule has 10 heteroatoms. The van der Waals surface area contributed by atoms with Gasteiger partial charge in [0.2, 0.25) is 0 Å². The van der Waals surface area contributed by atoms with Crippen LogP contribution in [0.3, 0.4) is 0 Å². The molecule has 36 heavy (non-hydrogen) atoms. The van der Waals surface area contributed by atoms with Gasteiger partial charge in [-0.3, -0.25) is 13.9 Å². The molecule has 0 saturated carbocycles.